The van der Waals surface area contributed by atoms with E-state index in [-0.39, 0.29) is 6.04 Å². The maximum Gasteiger partial charge on any atom is 0.243 e. The van der Waals surface area contributed by atoms with Crippen LogP contribution >= 0.6 is 0 Å². The summed E-state index contributed by atoms with van der Waals surface area (Å²) in [7, 11) is -1.75. The lowest BCUT2D eigenvalue weighted by Gasteiger charge is -2.24. The molecule has 1 unspecified atom stereocenters. The van der Waals surface area contributed by atoms with Crippen molar-refractivity contribution in [3.8, 4) is 0 Å². The van der Waals surface area contributed by atoms with Crippen LogP contribution in [0, 0.1) is 0 Å². The molecule has 0 saturated carbocycles. The highest BCUT2D eigenvalue weighted by Gasteiger charge is 2.24. The van der Waals surface area contributed by atoms with E-state index < -0.39 is 10.0 Å². The Morgan fingerprint density at radius 2 is 1.90 bits per heavy atom. The van der Waals surface area contributed by atoms with Gasteiger partial charge in [0.05, 0.1) is 4.90 Å². The Bertz CT molecular complexity index is 541. The highest BCUT2D eigenvalue weighted by Crippen LogP contribution is 2.19. The zero-order valence-corrected chi connectivity index (χ0v) is 14.6. The first-order valence-corrected chi connectivity index (χ1v) is 9.03. The van der Waals surface area contributed by atoms with E-state index in [1.807, 2.05) is 19.1 Å². The Balaban J connectivity index is 2.95. The monoisotopic (exact) mass is 312 g/mol. The zero-order valence-electron chi connectivity index (χ0n) is 13.8. The van der Waals surface area contributed by atoms with Gasteiger partial charge in [-0.25, -0.2) is 8.42 Å². The predicted molar refractivity (Wildman–Crippen MR) is 87.7 cm³/mol. The Kier molecular flexibility index (Phi) is 6.84. The first-order chi connectivity index (χ1) is 9.78. The van der Waals surface area contributed by atoms with E-state index in [0.29, 0.717) is 17.5 Å². The van der Waals surface area contributed by atoms with Crippen molar-refractivity contribution in [1.82, 2.24) is 9.62 Å². The molecule has 1 atom stereocenters. The molecule has 0 fully saturated rings. The SMILES string of the molecule is CCCC(C)N(C)S(=O)(=O)c1cccc(CNC(C)C)c1. The molecule has 120 valence electrons. The Morgan fingerprint density at radius 1 is 1.24 bits per heavy atom. The van der Waals surface area contributed by atoms with Crippen LogP contribution < -0.4 is 5.32 Å². The van der Waals surface area contributed by atoms with E-state index in [0.717, 1.165) is 18.4 Å². The summed E-state index contributed by atoms with van der Waals surface area (Å²) in [5.41, 5.74) is 0.987. The second-order valence-electron chi connectivity index (χ2n) is 5.84. The maximum absolute atomic E-state index is 12.6. The normalized spacial score (nSPS) is 13.9. The second kappa shape index (κ2) is 7.92. The summed E-state index contributed by atoms with van der Waals surface area (Å²) in [6.45, 7) is 8.83. The van der Waals surface area contributed by atoms with Crippen LogP contribution in [0.15, 0.2) is 29.2 Å². The molecule has 1 aromatic rings. The number of benzene rings is 1. The molecule has 0 aliphatic rings. The molecular weight excluding hydrogens is 284 g/mol. The van der Waals surface area contributed by atoms with E-state index in [4.69, 9.17) is 0 Å². The van der Waals surface area contributed by atoms with Crippen LogP contribution in [0.5, 0.6) is 0 Å². The average molecular weight is 312 g/mol. The summed E-state index contributed by atoms with van der Waals surface area (Å²) in [4.78, 5) is 0.371. The van der Waals surface area contributed by atoms with Gasteiger partial charge >= 0.3 is 0 Å². The van der Waals surface area contributed by atoms with Gasteiger partial charge in [0.25, 0.3) is 0 Å². The van der Waals surface area contributed by atoms with Crippen LogP contribution in [0.25, 0.3) is 0 Å². The summed E-state index contributed by atoms with van der Waals surface area (Å²) in [6, 6.07) is 7.57. The summed E-state index contributed by atoms with van der Waals surface area (Å²) in [6.07, 6.45) is 1.84. The van der Waals surface area contributed by atoms with Gasteiger partial charge in [-0.2, -0.15) is 4.31 Å². The van der Waals surface area contributed by atoms with Crippen molar-refractivity contribution in [3.63, 3.8) is 0 Å². The van der Waals surface area contributed by atoms with Crippen molar-refractivity contribution in [3.05, 3.63) is 29.8 Å². The first-order valence-electron chi connectivity index (χ1n) is 7.59. The van der Waals surface area contributed by atoms with Gasteiger partial charge in [-0.1, -0.05) is 39.3 Å². The predicted octanol–water partition coefficient (Wildman–Crippen LogP) is 2.99. The van der Waals surface area contributed by atoms with Gasteiger partial charge in [-0.05, 0) is 31.0 Å². The molecule has 0 radical (unpaired) electrons. The molecule has 21 heavy (non-hydrogen) atoms. The van der Waals surface area contributed by atoms with Gasteiger partial charge < -0.3 is 5.32 Å². The van der Waals surface area contributed by atoms with Gasteiger partial charge in [-0.15, -0.1) is 0 Å². The number of rotatable bonds is 8. The van der Waals surface area contributed by atoms with Crippen LogP contribution in [0.1, 0.15) is 46.1 Å². The molecule has 0 spiro atoms. The molecule has 4 nitrogen and oxygen atoms in total. The Morgan fingerprint density at radius 3 is 2.48 bits per heavy atom. The van der Waals surface area contributed by atoms with E-state index in [1.54, 1.807) is 19.2 Å². The van der Waals surface area contributed by atoms with Gasteiger partial charge in [0.2, 0.25) is 10.0 Å². The van der Waals surface area contributed by atoms with Crippen LogP contribution in [0.2, 0.25) is 0 Å². The number of sulfonamides is 1. The molecule has 0 amide bonds. The molecule has 0 saturated heterocycles. The zero-order chi connectivity index (χ0) is 16.0. The van der Waals surface area contributed by atoms with Gasteiger partial charge in [0.1, 0.15) is 0 Å². The summed E-state index contributed by atoms with van der Waals surface area (Å²) in [5.74, 6) is 0. The second-order valence-corrected chi connectivity index (χ2v) is 7.84. The number of nitrogens with one attached hydrogen (secondary N) is 1. The number of hydrogen-bond donors (Lipinski definition) is 1. The minimum Gasteiger partial charge on any atom is -0.310 e. The standard InChI is InChI=1S/C16H28N2O2S/c1-6-8-14(4)18(5)21(19,20)16-10-7-9-15(11-16)12-17-13(2)3/h7,9-11,13-14,17H,6,8,12H2,1-5H3. The molecule has 0 aliphatic heterocycles. The summed E-state index contributed by atoms with van der Waals surface area (Å²) < 4.78 is 26.8. The van der Waals surface area contributed by atoms with Crippen molar-refractivity contribution < 1.29 is 8.42 Å². The highest BCUT2D eigenvalue weighted by atomic mass is 32.2. The average Bonchev–Trinajstić information content (AvgIpc) is 2.44. The van der Waals surface area contributed by atoms with Crippen LogP contribution in [0.3, 0.4) is 0 Å². The minimum absolute atomic E-state index is 0.0115. The van der Waals surface area contributed by atoms with Crippen LogP contribution in [-0.2, 0) is 16.6 Å². The van der Waals surface area contributed by atoms with E-state index >= 15 is 0 Å². The molecule has 1 aromatic carbocycles. The number of hydrogen-bond acceptors (Lipinski definition) is 3. The van der Waals surface area contributed by atoms with Gasteiger partial charge in [0, 0.05) is 25.7 Å². The molecular formula is C16H28N2O2S. The van der Waals surface area contributed by atoms with Gasteiger partial charge in [-0.3, -0.25) is 0 Å². The molecule has 0 aromatic heterocycles. The fraction of sp³-hybridized carbons (Fsp3) is 0.625. The molecule has 5 heteroatoms. The molecule has 1 N–H and O–H groups in total. The molecule has 1 rings (SSSR count). The lowest BCUT2D eigenvalue weighted by Crippen LogP contribution is -2.35. The lowest BCUT2D eigenvalue weighted by molar-refractivity contribution is 0.368. The van der Waals surface area contributed by atoms with Crippen molar-refractivity contribution in [2.24, 2.45) is 0 Å². The minimum atomic E-state index is -3.42. The largest absolute Gasteiger partial charge is 0.310 e. The Hall–Kier alpha value is -0.910. The molecule has 0 bridgehead atoms. The maximum atomic E-state index is 12.6. The van der Waals surface area contributed by atoms with Crippen LogP contribution in [-0.4, -0.2) is 31.9 Å². The van der Waals surface area contributed by atoms with Crippen molar-refractivity contribution in [1.29, 1.82) is 0 Å². The van der Waals surface area contributed by atoms with Crippen molar-refractivity contribution >= 4 is 10.0 Å². The summed E-state index contributed by atoms with van der Waals surface area (Å²) >= 11 is 0. The highest BCUT2D eigenvalue weighted by molar-refractivity contribution is 7.89. The third-order valence-electron chi connectivity index (χ3n) is 3.62. The van der Waals surface area contributed by atoms with Crippen molar-refractivity contribution in [2.75, 3.05) is 7.05 Å². The molecule has 0 aliphatic carbocycles. The quantitative estimate of drug-likeness (QED) is 0.803. The van der Waals surface area contributed by atoms with E-state index in [2.05, 4.69) is 26.1 Å². The lowest BCUT2D eigenvalue weighted by atomic mass is 10.2. The van der Waals surface area contributed by atoms with E-state index in [9.17, 15) is 8.42 Å². The Labute approximate surface area is 129 Å². The van der Waals surface area contributed by atoms with Crippen LogP contribution in [0.4, 0.5) is 0 Å². The third-order valence-corrected chi connectivity index (χ3v) is 5.58. The summed E-state index contributed by atoms with van der Waals surface area (Å²) in [5, 5.41) is 3.30. The smallest absolute Gasteiger partial charge is 0.243 e. The van der Waals surface area contributed by atoms with Crippen molar-refractivity contribution in [2.45, 2.75) is 64.1 Å². The molecule has 0 heterocycles. The fourth-order valence-electron chi connectivity index (χ4n) is 2.14. The fourth-order valence-corrected chi connectivity index (χ4v) is 3.60. The third kappa shape index (κ3) is 5.09. The number of nitrogens with zero attached hydrogens (tertiary/aromatic N) is 1. The van der Waals surface area contributed by atoms with E-state index in [1.165, 1.54) is 4.31 Å². The van der Waals surface area contributed by atoms with Gasteiger partial charge in [0.15, 0.2) is 0 Å². The topological polar surface area (TPSA) is 49.4 Å². The first kappa shape index (κ1) is 18.1.